The smallest absolute Gasteiger partial charge is 0.303 e. The first-order chi connectivity index (χ1) is 8.52. The molecule has 0 saturated heterocycles. The van der Waals surface area contributed by atoms with Crippen molar-refractivity contribution < 1.29 is 23.3 Å². The van der Waals surface area contributed by atoms with Gasteiger partial charge < -0.3 is 9.69 Å². The first-order valence-corrected chi connectivity index (χ1v) is 7.08. The maximum Gasteiger partial charge on any atom is 0.472 e. The second-order valence-corrected chi connectivity index (χ2v) is 4.78. The van der Waals surface area contributed by atoms with E-state index in [9.17, 15) is 9.36 Å². The lowest BCUT2D eigenvalue weighted by Gasteiger charge is -2.08. The topological polar surface area (TPSA) is 72.8 Å². The quantitative estimate of drug-likeness (QED) is 0.490. The van der Waals surface area contributed by atoms with E-state index in [1.54, 1.807) is 6.92 Å². The zero-order valence-corrected chi connectivity index (χ0v) is 11.5. The van der Waals surface area contributed by atoms with Crippen LogP contribution in [-0.2, 0) is 18.4 Å². The molecule has 1 aromatic carbocycles. The molecule has 0 heterocycles. The van der Waals surface area contributed by atoms with E-state index in [-0.39, 0.29) is 19.6 Å². The van der Waals surface area contributed by atoms with E-state index in [2.05, 4.69) is 28.1 Å². The second kappa shape index (κ2) is 9.97. The van der Waals surface area contributed by atoms with Crippen molar-refractivity contribution in [1.82, 2.24) is 0 Å². The van der Waals surface area contributed by atoms with Gasteiger partial charge in [-0.2, -0.15) is 0 Å². The molecular weight excluding hydrogens is 255 g/mol. The monoisotopic (exact) mass is 274 g/mol. The van der Waals surface area contributed by atoms with Gasteiger partial charge in [0.1, 0.15) is 6.29 Å². The minimum absolute atomic E-state index is 0.0860. The van der Waals surface area contributed by atoms with Crippen molar-refractivity contribution >= 4 is 14.1 Å². The summed E-state index contributed by atoms with van der Waals surface area (Å²) < 4.78 is 19.4. The highest BCUT2D eigenvalue weighted by atomic mass is 31.2. The minimum atomic E-state index is -3.88. The van der Waals surface area contributed by atoms with Crippen molar-refractivity contribution in [3.8, 4) is 0 Å². The maximum absolute atomic E-state index is 10.7. The fraction of sp³-hybridized carbons (Fsp3) is 0.417. The summed E-state index contributed by atoms with van der Waals surface area (Å²) in [7, 11) is -3.88. The molecule has 0 aromatic heterocycles. The molecule has 6 heteroatoms. The SMILES string of the molecule is CCOP(=O)(O)OCCC=O.Cc1ccccc1. The van der Waals surface area contributed by atoms with Crippen molar-refractivity contribution in [1.29, 1.82) is 0 Å². The van der Waals surface area contributed by atoms with Crippen LogP contribution in [-0.4, -0.2) is 24.4 Å². The Morgan fingerprint density at radius 3 is 2.28 bits per heavy atom. The molecule has 0 radical (unpaired) electrons. The number of rotatable bonds is 6. The molecule has 0 bridgehead atoms. The van der Waals surface area contributed by atoms with E-state index in [4.69, 9.17) is 4.89 Å². The molecule has 0 spiro atoms. The van der Waals surface area contributed by atoms with Crippen LogP contribution in [0.5, 0.6) is 0 Å². The Morgan fingerprint density at radius 1 is 1.28 bits per heavy atom. The summed E-state index contributed by atoms with van der Waals surface area (Å²) in [4.78, 5) is 18.5. The molecule has 5 nitrogen and oxygen atoms in total. The van der Waals surface area contributed by atoms with Gasteiger partial charge in [0.05, 0.1) is 13.2 Å². The van der Waals surface area contributed by atoms with Crippen molar-refractivity contribution in [2.75, 3.05) is 13.2 Å². The maximum atomic E-state index is 10.7. The van der Waals surface area contributed by atoms with Crippen LogP contribution < -0.4 is 0 Å². The molecule has 0 aliphatic rings. The van der Waals surface area contributed by atoms with Crippen LogP contribution in [0.2, 0.25) is 0 Å². The van der Waals surface area contributed by atoms with Gasteiger partial charge in [-0.3, -0.25) is 9.05 Å². The fourth-order valence-corrected chi connectivity index (χ4v) is 1.69. The van der Waals surface area contributed by atoms with E-state index < -0.39 is 7.82 Å². The summed E-state index contributed by atoms with van der Waals surface area (Å²) >= 11 is 0. The van der Waals surface area contributed by atoms with E-state index >= 15 is 0 Å². The van der Waals surface area contributed by atoms with E-state index in [0.717, 1.165) is 0 Å². The van der Waals surface area contributed by atoms with Crippen LogP contribution in [0.15, 0.2) is 30.3 Å². The number of phosphoric ester groups is 1. The average Bonchev–Trinajstić information content (AvgIpc) is 2.31. The minimum Gasteiger partial charge on any atom is -0.303 e. The first-order valence-electron chi connectivity index (χ1n) is 5.59. The van der Waals surface area contributed by atoms with Crippen LogP contribution in [0.25, 0.3) is 0 Å². The predicted octanol–water partition coefficient (Wildman–Crippen LogP) is 2.72. The van der Waals surface area contributed by atoms with Gasteiger partial charge in [0.15, 0.2) is 0 Å². The Labute approximate surface area is 107 Å². The van der Waals surface area contributed by atoms with Gasteiger partial charge in [-0.15, -0.1) is 0 Å². The zero-order chi connectivity index (χ0) is 13.9. The van der Waals surface area contributed by atoms with Gasteiger partial charge in [0, 0.05) is 6.42 Å². The predicted molar refractivity (Wildman–Crippen MR) is 69.3 cm³/mol. The Hall–Kier alpha value is -1.00. The molecule has 1 N–H and O–H groups in total. The van der Waals surface area contributed by atoms with Crippen LogP contribution >= 0.6 is 7.82 Å². The molecule has 1 atom stereocenters. The molecule has 18 heavy (non-hydrogen) atoms. The van der Waals surface area contributed by atoms with E-state index in [1.807, 2.05) is 18.2 Å². The first kappa shape index (κ1) is 17.0. The molecule has 0 aliphatic carbocycles. The van der Waals surface area contributed by atoms with Gasteiger partial charge in [-0.05, 0) is 13.8 Å². The lowest BCUT2D eigenvalue weighted by atomic mass is 10.2. The highest BCUT2D eigenvalue weighted by Crippen LogP contribution is 2.42. The number of aldehydes is 1. The number of hydrogen-bond acceptors (Lipinski definition) is 4. The Kier molecular flexibility index (Phi) is 9.42. The average molecular weight is 274 g/mol. The summed E-state index contributed by atoms with van der Waals surface area (Å²) in [5.41, 5.74) is 1.32. The van der Waals surface area contributed by atoms with Gasteiger partial charge in [-0.1, -0.05) is 35.9 Å². The summed E-state index contributed by atoms with van der Waals surface area (Å²) in [5.74, 6) is 0. The van der Waals surface area contributed by atoms with E-state index in [0.29, 0.717) is 6.29 Å². The van der Waals surface area contributed by atoms with Crippen LogP contribution in [0.1, 0.15) is 18.9 Å². The molecule has 0 saturated carbocycles. The Balaban J connectivity index is 0.000000351. The fourth-order valence-electron chi connectivity index (χ4n) is 0.951. The molecule has 0 amide bonds. The third kappa shape index (κ3) is 10.2. The molecule has 0 fully saturated rings. The number of carbonyl (C=O) groups is 1. The molecular formula is C12H19O5P. The Bertz CT molecular complexity index is 366. The molecule has 1 unspecified atom stereocenters. The third-order valence-electron chi connectivity index (χ3n) is 1.72. The second-order valence-electron chi connectivity index (χ2n) is 3.33. The zero-order valence-electron chi connectivity index (χ0n) is 10.6. The molecule has 1 aromatic rings. The van der Waals surface area contributed by atoms with Gasteiger partial charge in [0.25, 0.3) is 0 Å². The normalized spacial score (nSPS) is 13.1. The number of carbonyl (C=O) groups excluding carboxylic acids is 1. The van der Waals surface area contributed by atoms with Crippen molar-refractivity contribution in [2.45, 2.75) is 20.3 Å². The highest BCUT2D eigenvalue weighted by Gasteiger charge is 2.18. The number of aryl methyl sites for hydroxylation is 1. The number of benzene rings is 1. The van der Waals surface area contributed by atoms with Gasteiger partial charge in [-0.25, -0.2) is 4.57 Å². The van der Waals surface area contributed by atoms with Crippen molar-refractivity contribution in [3.63, 3.8) is 0 Å². The number of hydrogen-bond donors (Lipinski definition) is 1. The summed E-state index contributed by atoms with van der Waals surface area (Å²) in [6.07, 6.45) is 0.698. The van der Waals surface area contributed by atoms with Crippen LogP contribution in [0.3, 0.4) is 0 Å². The molecule has 102 valence electrons. The third-order valence-corrected chi connectivity index (χ3v) is 2.82. The number of phosphoric acid groups is 1. The highest BCUT2D eigenvalue weighted by molar-refractivity contribution is 7.47. The molecule has 0 aliphatic heterocycles. The standard InChI is InChI=1S/C7H8.C5H11O5P/c1-7-5-3-2-4-6-7;1-2-9-11(7,8)10-5-3-4-6/h2-6H,1H3;4H,2-3,5H2,1H3,(H,7,8). The summed E-state index contributed by atoms with van der Waals surface area (Å²) in [6, 6.07) is 10.3. The summed E-state index contributed by atoms with van der Waals surface area (Å²) in [6.45, 7) is 3.68. The lowest BCUT2D eigenvalue weighted by molar-refractivity contribution is -0.108. The van der Waals surface area contributed by atoms with E-state index in [1.165, 1.54) is 5.56 Å². The molecule has 1 rings (SSSR count). The van der Waals surface area contributed by atoms with Gasteiger partial charge in [0.2, 0.25) is 0 Å². The lowest BCUT2D eigenvalue weighted by Crippen LogP contribution is -1.96. The Morgan fingerprint density at radius 2 is 1.89 bits per heavy atom. The van der Waals surface area contributed by atoms with Crippen LogP contribution in [0, 0.1) is 6.92 Å². The van der Waals surface area contributed by atoms with Gasteiger partial charge >= 0.3 is 7.82 Å². The largest absolute Gasteiger partial charge is 0.472 e. The van der Waals surface area contributed by atoms with Crippen molar-refractivity contribution in [2.24, 2.45) is 0 Å². The van der Waals surface area contributed by atoms with Crippen molar-refractivity contribution in [3.05, 3.63) is 35.9 Å². The summed E-state index contributed by atoms with van der Waals surface area (Å²) in [5, 5.41) is 0. The van der Waals surface area contributed by atoms with Crippen LogP contribution in [0.4, 0.5) is 0 Å².